The summed E-state index contributed by atoms with van der Waals surface area (Å²) in [5.41, 5.74) is 1.76. The Hall–Kier alpha value is -0.820. The second-order valence-corrected chi connectivity index (χ2v) is 4.62. The quantitative estimate of drug-likeness (QED) is 0.514. The molecule has 0 aliphatic rings. The third-order valence-electron chi connectivity index (χ3n) is 2.68. The van der Waals surface area contributed by atoms with E-state index in [0.717, 1.165) is 18.4 Å². The predicted molar refractivity (Wildman–Crippen MR) is 69.3 cm³/mol. The standard InChI is InChI=1S/C14H19ClO/c1-3-4-5-6-7-14(16)12-9-8-11(2)10-13(12)15/h8-10H,3-7H2,1-2H3. The maximum absolute atomic E-state index is 11.9. The smallest absolute Gasteiger partial charge is 0.164 e. The number of hydrogen-bond acceptors (Lipinski definition) is 1. The molecule has 16 heavy (non-hydrogen) atoms. The molecule has 0 aliphatic heterocycles. The minimum Gasteiger partial charge on any atom is -0.294 e. The van der Waals surface area contributed by atoms with Crippen molar-refractivity contribution < 1.29 is 4.79 Å². The average Bonchev–Trinajstić information content (AvgIpc) is 2.24. The molecule has 0 bridgehead atoms. The van der Waals surface area contributed by atoms with E-state index in [0.29, 0.717) is 17.0 Å². The SMILES string of the molecule is CCCCCCC(=O)c1ccc(C)cc1Cl. The highest BCUT2D eigenvalue weighted by Gasteiger charge is 2.09. The lowest BCUT2D eigenvalue weighted by molar-refractivity contribution is 0.0979. The van der Waals surface area contributed by atoms with Gasteiger partial charge in [0.1, 0.15) is 0 Å². The Morgan fingerprint density at radius 3 is 2.62 bits per heavy atom. The van der Waals surface area contributed by atoms with Gasteiger partial charge in [0.15, 0.2) is 5.78 Å². The predicted octanol–water partition coefficient (Wildman–Crippen LogP) is 4.80. The molecular weight excluding hydrogens is 220 g/mol. The lowest BCUT2D eigenvalue weighted by atomic mass is 10.0. The van der Waals surface area contributed by atoms with Gasteiger partial charge in [0.25, 0.3) is 0 Å². The van der Waals surface area contributed by atoms with Crippen molar-refractivity contribution >= 4 is 17.4 Å². The monoisotopic (exact) mass is 238 g/mol. The van der Waals surface area contributed by atoms with Crippen LogP contribution in [0, 0.1) is 6.92 Å². The highest BCUT2D eigenvalue weighted by atomic mass is 35.5. The van der Waals surface area contributed by atoms with Gasteiger partial charge in [-0.25, -0.2) is 0 Å². The molecular formula is C14H19ClO. The van der Waals surface area contributed by atoms with Gasteiger partial charge in [-0.3, -0.25) is 4.79 Å². The fraction of sp³-hybridized carbons (Fsp3) is 0.500. The van der Waals surface area contributed by atoms with Gasteiger partial charge in [-0.15, -0.1) is 0 Å². The largest absolute Gasteiger partial charge is 0.294 e. The van der Waals surface area contributed by atoms with E-state index < -0.39 is 0 Å². The summed E-state index contributed by atoms with van der Waals surface area (Å²) >= 11 is 6.04. The summed E-state index contributed by atoms with van der Waals surface area (Å²) in [4.78, 5) is 11.9. The van der Waals surface area contributed by atoms with Crippen LogP contribution in [0.4, 0.5) is 0 Å². The minimum atomic E-state index is 0.168. The summed E-state index contributed by atoms with van der Waals surface area (Å²) in [5, 5.41) is 0.584. The highest BCUT2D eigenvalue weighted by molar-refractivity contribution is 6.34. The Kier molecular flexibility index (Phi) is 5.54. The Morgan fingerprint density at radius 1 is 1.25 bits per heavy atom. The number of aryl methyl sites for hydroxylation is 1. The molecule has 0 aliphatic carbocycles. The van der Waals surface area contributed by atoms with E-state index in [1.54, 1.807) is 0 Å². The van der Waals surface area contributed by atoms with E-state index >= 15 is 0 Å². The number of halogens is 1. The van der Waals surface area contributed by atoms with E-state index in [-0.39, 0.29) is 5.78 Å². The third kappa shape index (κ3) is 3.97. The summed E-state index contributed by atoms with van der Waals surface area (Å²) in [6, 6.07) is 5.62. The van der Waals surface area contributed by atoms with Gasteiger partial charge in [0.05, 0.1) is 5.02 Å². The number of Topliss-reactive ketones (excluding diaryl/α,β-unsaturated/α-hetero) is 1. The van der Waals surface area contributed by atoms with Crippen LogP contribution < -0.4 is 0 Å². The number of ketones is 1. The maximum atomic E-state index is 11.9. The van der Waals surface area contributed by atoms with Crippen molar-refractivity contribution in [2.24, 2.45) is 0 Å². The molecule has 0 saturated heterocycles. The zero-order chi connectivity index (χ0) is 12.0. The zero-order valence-corrected chi connectivity index (χ0v) is 10.8. The Labute approximate surface area is 103 Å². The van der Waals surface area contributed by atoms with Crippen LogP contribution in [0.2, 0.25) is 5.02 Å². The van der Waals surface area contributed by atoms with Gasteiger partial charge in [0.2, 0.25) is 0 Å². The van der Waals surface area contributed by atoms with Crippen LogP contribution in [0.5, 0.6) is 0 Å². The Balaban J connectivity index is 2.53. The van der Waals surface area contributed by atoms with Crippen molar-refractivity contribution in [3.05, 3.63) is 34.3 Å². The maximum Gasteiger partial charge on any atom is 0.164 e. The summed E-state index contributed by atoms with van der Waals surface area (Å²) < 4.78 is 0. The number of carbonyl (C=O) groups is 1. The molecule has 0 N–H and O–H groups in total. The van der Waals surface area contributed by atoms with Crippen LogP contribution in [0.1, 0.15) is 54.9 Å². The van der Waals surface area contributed by atoms with Gasteiger partial charge in [0, 0.05) is 12.0 Å². The van der Waals surface area contributed by atoms with Crippen molar-refractivity contribution in [2.45, 2.75) is 46.0 Å². The van der Waals surface area contributed by atoms with Crippen molar-refractivity contribution in [1.82, 2.24) is 0 Å². The first-order valence-corrected chi connectivity index (χ1v) is 6.32. The lowest BCUT2D eigenvalue weighted by Crippen LogP contribution is -2.00. The molecule has 1 nitrogen and oxygen atoms in total. The first kappa shape index (κ1) is 13.2. The van der Waals surface area contributed by atoms with Gasteiger partial charge >= 0.3 is 0 Å². The molecule has 0 spiro atoms. The molecule has 88 valence electrons. The molecule has 0 heterocycles. The Morgan fingerprint density at radius 2 is 2.00 bits per heavy atom. The second-order valence-electron chi connectivity index (χ2n) is 4.22. The molecule has 0 atom stereocenters. The number of hydrogen-bond donors (Lipinski definition) is 0. The molecule has 1 aromatic rings. The third-order valence-corrected chi connectivity index (χ3v) is 3.00. The van der Waals surface area contributed by atoms with Crippen molar-refractivity contribution in [2.75, 3.05) is 0 Å². The normalized spacial score (nSPS) is 10.4. The molecule has 0 radical (unpaired) electrons. The number of unbranched alkanes of at least 4 members (excludes halogenated alkanes) is 3. The van der Waals surface area contributed by atoms with E-state index in [1.807, 2.05) is 25.1 Å². The molecule has 0 unspecified atom stereocenters. The first-order valence-electron chi connectivity index (χ1n) is 5.94. The molecule has 0 aromatic heterocycles. The summed E-state index contributed by atoms with van der Waals surface area (Å²) in [6.45, 7) is 4.14. The van der Waals surface area contributed by atoms with Gasteiger partial charge in [-0.2, -0.15) is 0 Å². The molecule has 2 heteroatoms. The average molecular weight is 239 g/mol. The molecule has 0 amide bonds. The van der Waals surface area contributed by atoms with Gasteiger partial charge in [-0.05, 0) is 31.0 Å². The van der Waals surface area contributed by atoms with Crippen LogP contribution in [0.25, 0.3) is 0 Å². The van der Waals surface area contributed by atoms with Crippen molar-refractivity contribution in [3.63, 3.8) is 0 Å². The lowest BCUT2D eigenvalue weighted by Gasteiger charge is -2.04. The van der Waals surface area contributed by atoms with Crippen LogP contribution in [-0.4, -0.2) is 5.78 Å². The Bertz CT molecular complexity index is 358. The molecule has 1 rings (SSSR count). The van der Waals surface area contributed by atoms with E-state index in [2.05, 4.69) is 6.92 Å². The van der Waals surface area contributed by atoms with Crippen molar-refractivity contribution in [1.29, 1.82) is 0 Å². The topological polar surface area (TPSA) is 17.1 Å². The molecule has 1 aromatic carbocycles. The first-order chi connectivity index (χ1) is 7.65. The summed E-state index contributed by atoms with van der Waals surface area (Å²) in [5.74, 6) is 0.168. The van der Waals surface area contributed by atoms with Gasteiger partial charge < -0.3 is 0 Å². The number of carbonyl (C=O) groups excluding carboxylic acids is 1. The van der Waals surface area contributed by atoms with E-state index in [9.17, 15) is 4.79 Å². The van der Waals surface area contributed by atoms with Crippen LogP contribution in [0.15, 0.2) is 18.2 Å². The van der Waals surface area contributed by atoms with Crippen LogP contribution in [-0.2, 0) is 0 Å². The fourth-order valence-corrected chi connectivity index (χ4v) is 2.03. The van der Waals surface area contributed by atoms with E-state index in [1.165, 1.54) is 12.8 Å². The van der Waals surface area contributed by atoms with Gasteiger partial charge in [-0.1, -0.05) is 43.9 Å². The number of rotatable bonds is 6. The van der Waals surface area contributed by atoms with E-state index in [4.69, 9.17) is 11.6 Å². The van der Waals surface area contributed by atoms with Crippen molar-refractivity contribution in [3.8, 4) is 0 Å². The second kappa shape index (κ2) is 6.70. The summed E-state index contributed by atoms with van der Waals surface area (Å²) in [6.07, 6.45) is 5.11. The molecule has 0 saturated carbocycles. The zero-order valence-electron chi connectivity index (χ0n) is 10.1. The highest BCUT2D eigenvalue weighted by Crippen LogP contribution is 2.20. The number of benzene rings is 1. The van der Waals surface area contributed by atoms with Crippen LogP contribution >= 0.6 is 11.6 Å². The fourth-order valence-electron chi connectivity index (χ4n) is 1.69. The molecule has 0 fully saturated rings. The summed E-state index contributed by atoms with van der Waals surface area (Å²) in [7, 11) is 0. The van der Waals surface area contributed by atoms with Crippen LogP contribution in [0.3, 0.4) is 0 Å². The minimum absolute atomic E-state index is 0.168.